The highest BCUT2D eigenvalue weighted by Gasteiger charge is 2.37. The molecule has 0 bridgehead atoms. The molecule has 1 aliphatic rings. The fourth-order valence-electron chi connectivity index (χ4n) is 2.91. The van der Waals surface area contributed by atoms with Crippen molar-refractivity contribution >= 4 is 18.3 Å². The van der Waals surface area contributed by atoms with E-state index in [0.717, 1.165) is 25.7 Å². The Hall–Kier alpha value is -1.47. The van der Waals surface area contributed by atoms with Gasteiger partial charge in [0.05, 0.1) is 5.92 Å². The smallest absolute Gasteiger partial charge is 0.406 e. The van der Waals surface area contributed by atoms with Gasteiger partial charge in [-0.1, -0.05) is 25.0 Å². The Labute approximate surface area is 145 Å². The summed E-state index contributed by atoms with van der Waals surface area (Å²) < 4.78 is 40.1. The number of alkyl halides is 3. The zero-order valence-corrected chi connectivity index (χ0v) is 14.2. The summed E-state index contributed by atoms with van der Waals surface area (Å²) in [4.78, 5) is 12.3. The summed E-state index contributed by atoms with van der Waals surface area (Å²) in [6, 6.07) is 5.43. The molecule has 1 saturated carbocycles. The zero-order valence-electron chi connectivity index (χ0n) is 13.4. The number of nitrogens with one attached hydrogen (secondary N) is 1. The van der Waals surface area contributed by atoms with E-state index in [9.17, 15) is 18.0 Å². The van der Waals surface area contributed by atoms with Crippen LogP contribution in [-0.4, -0.2) is 17.8 Å². The number of carbonyl (C=O) groups is 1. The van der Waals surface area contributed by atoms with E-state index in [-0.39, 0.29) is 36.5 Å². The second-order valence-electron chi connectivity index (χ2n) is 6.21. The molecule has 24 heavy (non-hydrogen) atoms. The lowest BCUT2D eigenvalue weighted by Crippen LogP contribution is -2.52. The minimum Gasteiger partial charge on any atom is -0.406 e. The molecule has 0 aromatic heterocycles. The third kappa shape index (κ3) is 5.87. The summed E-state index contributed by atoms with van der Waals surface area (Å²) in [5, 5.41) is 2.81. The van der Waals surface area contributed by atoms with Gasteiger partial charge in [-0.2, -0.15) is 0 Å². The Bertz CT molecular complexity index is 547. The van der Waals surface area contributed by atoms with Crippen molar-refractivity contribution in [1.82, 2.24) is 5.32 Å². The number of benzene rings is 1. The number of halogens is 4. The number of carbonyl (C=O) groups excluding carboxylic acids is 1. The van der Waals surface area contributed by atoms with Crippen LogP contribution >= 0.6 is 12.4 Å². The van der Waals surface area contributed by atoms with Crippen molar-refractivity contribution in [1.29, 1.82) is 0 Å². The first-order valence-electron chi connectivity index (χ1n) is 7.59. The van der Waals surface area contributed by atoms with Gasteiger partial charge in [0, 0.05) is 12.1 Å². The minimum atomic E-state index is -4.71. The summed E-state index contributed by atoms with van der Waals surface area (Å²) in [5.41, 5.74) is 6.38. The molecular formula is C16H22ClF3N2O2. The molecule has 0 radical (unpaired) electrons. The van der Waals surface area contributed by atoms with Crippen LogP contribution in [0.1, 0.15) is 38.2 Å². The Morgan fingerprint density at radius 1 is 1.33 bits per heavy atom. The van der Waals surface area contributed by atoms with Crippen LogP contribution < -0.4 is 15.8 Å². The van der Waals surface area contributed by atoms with Crippen molar-refractivity contribution < 1.29 is 22.7 Å². The number of amides is 1. The first-order chi connectivity index (χ1) is 10.7. The standard InChI is InChI=1S/C16H21F3N2O2.ClH/c1-15(20)9-3-2-4-13(15)14(22)21-10-11-5-7-12(8-6-11)23-16(17,18)19;/h5-8,13H,2-4,9-10,20H2,1H3,(H,21,22);1H. The van der Waals surface area contributed by atoms with Gasteiger partial charge < -0.3 is 15.8 Å². The lowest BCUT2D eigenvalue weighted by atomic mass is 9.74. The summed E-state index contributed by atoms with van der Waals surface area (Å²) in [6.45, 7) is 2.14. The van der Waals surface area contributed by atoms with E-state index in [2.05, 4.69) is 10.1 Å². The first-order valence-corrected chi connectivity index (χ1v) is 7.59. The number of rotatable bonds is 4. The largest absolute Gasteiger partial charge is 0.573 e. The molecule has 2 rings (SSSR count). The highest BCUT2D eigenvalue weighted by Crippen LogP contribution is 2.31. The van der Waals surface area contributed by atoms with Crippen LogP contribution in [0.5, 0.6) is 5.75 Å². The third-order valence-corrected chi connectivity index (χ3v) is 4.19. The van der Waals surface area contributed by atoms with Crippen molar-refractivity contribution in [2.24, 2.45) is 11.7 Å². The summed E-state index contributed by atoms with van der Waals surface area (Å²) >= 11 is 0. The van der Waals surface area contributed by atoms with Crippen molar-refractivity contribution in [3.63, 3.8) is 0 Å². The van der Waals surface area contributed by atoms with Crippen molar-refractivity contribution in [3.8, 4) is 5.75 Å². The Morgan fingerprint density at radius 3 is 2.50 bits per heavy atom. The fourth-order valence-corrected chi connectivity index (χ4v) is 2.91. The van der Waals surface area contributed by atoms with Gasteiger partial charge in [0.15, 0.2) is 0 Å². The molecular weight excluding hydrogens is 345 g/mol. The number of hydrogen-bond donors (Lipinski definition) is 2. The Balaban J connectivity index is 0.00000288. The molecule has 2 atom stereocenters. The first kappa shape index (κ1) is 20.6. The maximum Gasteiger partial charge on any atom is 0.573 e. The van der Waals surface area contributed by atoms with Crippen LogP contribution in [0.25, 0.3) is 0 Å². The quantitative estimate of drug-likeness (QED) is 0.856. The Kier molecular flexibility index (Phi) is 6.92. The van der Waals surface area contributed by atoms with Crippen LogP contribution in [0.15, 0.2) is 24.3 Å². The summed E-state index contributed by atoms with van der Waals surface area (Å²) in [6.07, 6.45) is -1.13. The van der Waals surface area contributed by atoms with Gasteiger partial charge in [-0.3, -0.25) is 4.79 Å². The van der Waals surface area contributed by atoms with Crippen LogP contribution in [0.4, 0.5) is 13.2 Å². The predicted molar refractivity (Wildman–Crippen MR) is 86.8 cm³/mol. The zero-order chi connectivity index (χ0) is 17.1. The molecule has 3 N–H and O–H groups in total. The van der Waals surface area contributed by atoms with Gasteiger partial charge in [0.25, 0.3) is 0 Å². The monoisotopic (exact) mass is 366 g/mol. The average molecular weight is 367 g/mol. The second kappa shape index (κ2) is 8.07. The predicted octanol–water partition coefficient (Wildman–Crippen LogP) is 3.53. The molecule has 0 heterocycles. The van der Waals surface area contributed by atoms with Crippen molar-refractivity contribution in [2.75, 3.05) is 0 Å². The van der Waals surface area contributed by atoms with Gasteiger partial charge in [0.1, 0.15) is 5.75 Å². The number of nitrogens with two attached hydrogens (primary N) is 1. The van der Waals surface area contributed by atoms with E-state index in [0.29, 0.717) is 5.56 Å². The highest BCUT2D eigenvalue weighted by molar-refractivity contribution is 5.85. The fraction of sp³-hybridized carbons (Fsp3) is 0.562. The molecule has 4 nitrogen and oxygen atoms in total. The molecule has 2 unspecified atom stereocenters. The summed E-state index contributed by atoms with van der Waals surface area (Å²) in [7, 11) is 0. The van der Waals surface area contributed by atoms with Crippen LogP contribution in [0.2, 0.25) is 0 Å². The molecule has 1 amide bonds. The summed E-state index contributed by atoms with van der Waals surface area (Å²) in [5.74, 6) is -0.621. The van der Waals surface area contributed by atoms with E-state index >= 15 is 0 Å². The Morgan fingerprint density at radius 2 is 1.96 bits per heavy atom. The molecule has 1 aliphatic carbocycles. The van der Waals surface area contributed by atoms with Crippen molar-refractivity contribution in [3.05, 3.63) is 29.8 Å². The van der Waals surface area contributed by atoms with Gasteiger partial charge in [-0.15, -0.1) is 25.6 Å². The SMILES string of the molecule is CC1(N)CCCCC1C(=O)NCc1ccc(OC(F)(F)F)cc1.Cl. The number of ether oxygens (including phenoxy) is 1. The topological polar surface area (TPSA) is 64.4 Å². The van der Waals surface area contributed by atoms with Crippen LogP contribution in [0, 0.1) is 5.92 Å². The molecule has 1 aromatic rings. The lowest BCUT2D eigenvalue weighted by molar-refractivity contribution is -0.274. The lowest BCUT2D eigenvalue weighted by Gasteiger charge is -2.37. The second-order valence-corrected chi connectivity index (χ2v) is 6.21. The molecule has 136 valence electrons. The van der Waals surface area contributed by atoms with Gasteiger partial charge in [-0.25, -0.2) is 0 Å². The molecule has 0 aliphatic heterocycles. The molecule has 0 spiro atoms. The van der Waals surface area contributed by atoms with E-state index in [1.54, 1.807) is 0 Å². The number of hydrogen-bond acceptors (Lipinski definition) is 3. The molecule has 1 aromatic carbocycles. The van der Waals surface area contributed by atoms with Crippen LogP contribution in [-0.2, 0) is 11.3 Å². The van der Waals surface area contributed by atoms with Gasteiger partial charge >= 0.3 is 6.36 Å². The van der Waals surface area contributed by atoms with E-state index in [1.807, 2.05) is 6.92 Å². The molecule has 0 saturated heterocycles. The third-order valence-electron chi connectivity index (χ3n) is 4.19. The molecule has 1 fully saturated rings. The van der Waals surface area contributed by atoms with E-state index in [4.69, 9.17) is 5.73 Å². The normalized spacial score (nSPS) is 24.0. The van der Waals surface area contributed by atoms with Gasteiger partial charge in [0.2, 0.25) is 5.91 Å². The maximum atomic E-state index is 12.3. The van der Waals surface area contributed by atoms with Gasteiger partial charge in [-0.05, 0) is 37.5 Å². The van der Waals surface area contributed by atoms with E-state index in [1.165, 1.54) is 24.3 Å². The maximum absolute atomic E-state index is 12.3. The average Bonchev–Trinajstić information content (AvgIpc) is 2.44. The highest BCUT2D eigenvalue weighted by atomic mass is 35.5. The van der Waals surface area contributed by atoms with E-state index < -0.39 is 11.9 Å². The van der Waals surface area contributed by atoms with Crippen LogP contribution in [0.3, 0.4) is 0 Å². The minimum absolute atomic E-state index is 0. The van der Waals surface area contributed by atoms with Crippen molar-refractivity contribution in [2.45, 2.75) is 51.1 Å². The molecule has 8 heteroatoms.